The van der Waals surface area contributed by atoms with E-state index in [9.17, 15) is 14.7 Å². The third-order valence-corrected chi connectivity index (χ3v) is 4.21. The van der Waals surface area contributed by atoms with Gasteiger partial charge in [-0.2, -0.15) is 0 Å². The number of amides is 1. The molecule has 0 spiro atoms. The van der Waals surface area contributed by atoms with Crippen LogP contribution in [0.5, 0.6) is 5.75 Å². The second-order valence-electron chi connectivity index (χ2n) is 6.46. The third-order valence-electron chi connectivity index (χ3n) is 3.43. The fraction of sp³-hybridized carbons (Fsp3) is 0.444. The first-order valence-corrected chi connectivity index (χ1v) is 12.8. The average Bonchev–Trinajstić information content (AvgIpc) is 2.79. The molecule has 1 aromatic rings. The molecule has 1 unspecified atom stereocenters. The standard InChI is InChI=1S/C10H12O.C9H11O2P.C4H9NO2.2C2H6/c1-11-9-10-7-5-3-2-4-6-8-10;1-7-4-8(5-12-6-10)2-3-9(7)11;1-3(2)7-4(5)6;2*1-2/h2-4,7-8H,5,9H2,1H3;2-4,6,11-12H,5H2,1H3;3H,1-2H3,(H2,5,6);2*1-2H3/b3-2-,10-7+;;;;. The molecule has 0 fully saturated rings. The maximum atomic E-state index is 10.1. The molecule has 0 aliphatic heterocycles. The molecule has 0 aromatic heterocycles. The van der Waals surface area contributed by atoms with Gasteiger partial charge < -0.3 is 20.3 Å². The number of primary amides is 1. The maximum absolute atomic E-state index is 10.1. The van der Waals surface area contributed by atoms with Crippen LogP contribution in [-0.4, -0.2) is 37.0 Å². The number of nitrogens with two attached hydrogens (primary N) is 1. The SMILES string of the molecule is CC.CC.CC(C)OC(N)=O.COC/C1=C/C/C=C\C=C=C1.Cc1cc(CPC=O)ccc1O. The van der Waals surface area contributed by atoms with Gasteiger partial charge in [0.2, 0.25) is 0 Å². The van der Waals surface area contributed by atoms with E-state index in [1.54, 1.807) is 27.0 Å². The van der Waals surface area contributed by atoms with Gasteiger partial charge in [0.1, 0.15) is 11.8 Å². The smallest absolute Gasteiger partial charge is 0.404 e. The summed E-state index contributed by atoms with van der Waals surface area (Å²) in [6, 6.07) is 6.35. The number of hydrogen-bond acceptors (Lipinski definition) is 5. The molecular formula is C27H44NO5P. The molecule has 0 saturated carbocycles. The predicted octanol–water partition coefficient (Wildman–Crippen LogP) is 6.84. The van der Waals surface area contributed by atoms with Gasteiger partial charge in [0, 0.05) is 7.11 Å². The number of aromatic hydroxyl groups is 1. The number of phenols is 1. The lowest BCUT2D eigenvalue weighted by Gasteiger charge is -2.01. The van der Waals surface area contributed by atoms with Crippen molar-refractivity contribution in [2.24, 2.45) is 5.73 Å². The van der Waals surface area contributed by atoms with Gasteiger partial charge in [-0.15, -0.1) is 5.73 Å². The van der Waals surface area contributed by atoms with Crippen molar-refractivity contribution in [1.29, 1.82) is 0 Å². The molecular weight excluding hydrogens is 449 g/mol. The summed E-state index contributed by atoms with van der Waals surface area (Å²) < 4.78 is 9.39. The van der Waals surface area contributed by atoms with Gasteiger partial charge in [0.05, 0.1) is 12.7 Å². The molecule has 2 rings (SSSR count). The predicted molar refractivity (Wildman–Crippen MR) is 146 cm³/mol. The number of hydrogen-bond donors (Lipinski definition) is 2. The molecule has 1 aliphatic rings. The van der Waals surface area contributed by atoms with Crippen LogP contribution in [0.15, 0.2) is 59.9 Å². The normalized spacial score (nSPS) is 13.6. The van der Waals surface area contributed by atoms with E-state index >= 15 is 0 Å². The fourth-order valence-corrected chi connectivity index (χ4v) is 2.66. The quantitative estimate of drug-likeness (QED) is 0.257. The first kappa shape index (κ1) is 35.9. The molecule has 0 bridgehead atoms. The molecule has 0 saturated heterocycles. The second kappa shape index (κ2) is 26.6. The Morgan fingerprint density at radius 1 is 1.26 bits per heavy atom. The summed E-state index contributed by atoms with van der Waals surface area (Å²) in [5.74, 6) is 0.313. The highest BCUT2D eigenvalue weighted by Crippen LogP contribution is 2.21. The lowest BCUT2D eigenvalue weighted by molar-refractivity contribution is 0.125. The zero-order valence-electron chi connectivity index (χ0n) is 22.1. The topological polar surface area (TPSA) is 98.9 Å². The average molecular weight is 494 g/mol. The van der Waals surface area contributed by atoms with Gasteiger partial charge in [-0.1, -0.05) is 58.1 Å². The molecule has 7 heteroatoms. The summed E-state index contributed by atoms with van der Waals surface area (Å²) in [5.41, 5.74) is 10.8. The maximum Gasteiger partial charge on any atom is 0.404 e. The van der Waals surface area contributed by atoms with Gasteiger partial charge in [0.15, 0.2) is 0 Å². The fourth-order valence-electron chi connectivity index (χ4n) is 2.12. The lowest BCUT2D eigenvalue weighted by Crippen LogP contribution is -2.17. The minimum Gasteiger partial charge on any atom is -0.508 e. The van der Waals surface area contributed by atoms with Crippen molar-refractivity contribution in [1.82, 2.24) is 0 Å². The van der Waals surface area contributed by atoms with Crippen LogP contribution >= 0.6 is 8.58 Å². The Morgan fingerprint density at radius 2 is 1.91 bits per heavy atom. The van der Waals surface area contributed by atoms with Crippen molar-refractivity contribution in [3.8, 4) is 5.75 Å². The van der Waals surface area contributed by atoms with Crippen molar-refractivity contribution in [2.75, 3.05) is 13.7 Å². The van der Waals surface area contributed by atoms with E-state index in [0.29, 0.717) is 20.9 Å². The minimum absolute atomic E-state index is 0.0995. The zero-order valence-corrected chi connectivity index (χ0v) is 23.1. The monoisotopic (exact) mass is 493 g/mol. The van der Waals surface area contributed by atoms with Crippen LogP contribution in [0.3, 0.4) is 0 Å². The van der Waals surface area contributed by atoms with Gasteiger partial charge in [-0.05, 0) is 76.9 Å². The van der Waals surface area contributed by atoms with E-state index in [1.165, 1.54) is 5.57 Å². The Balaban J connectivity index is -0.000000406. The number of phenolic OH excluding ortho intramolecular Hbond substituents is 1. The molecule has 1 amide bonds. The summed E-state index contributed by atoms with van der Waals surface area (Å²) in [6.45, 7) is 14.0. The highest BCUT2D eigenvalue weighted by Gasteiger charge is 1.97. The number of allylic oxidation sites excluding steroid dienone is 3. The number of carbonyl (C=O) groups excluding carboxylic acids is 2. The first-order chi connectivity index (χ1) is 16.3. The van der Waals surface area contributed by atoms with E-state index in [2.05, 4.69) is 28.4 Å². The Hall–Kier alpha value is -2.65. The van der Waals surface area contributed by atoms with Gasteiger partial charge in [-0.3, -0.25) is 4.79 Å². The van der Waals surface area contributed by atoms with Crippen LogP contribution in [0.25, 0.3) is 0 Å². The molecule has 34 heavy (non-hydrogen) atoms. The molecule has 0 heterocycles. The molecule has 1 aliphatic carbocycles. The van der Waals surface area contributed by atoms with Crippen molar-refractivity contribution in [2.45, 2.75) is 67.2 Å². The number of ether oxygens (including phenoxy) is 2. The molecule has 0 radical (unpaired) electrons. The summed E-state index contributed by atoms with van der Waals surface area (Å²) in [4.78, 5) is 19.9. The minimum atomic E-state index is -0.713. The number of methoxy groups -OCH3 is 1. The van der Waals surface area contributed by atoms with Crippen LogP contribution < -0.4 is 5.73 Å². The van der Waals surface area contributed by atoms with E-state index in [-0.39, 0.29) is 6.10 Å². The molecule has 3 N–H and O–H groups in total. The Kier molecular flexibility index (Phi) is 28.1. The largest absolute Gasteiger partial charge is 0.508 e. The van der Waals surface area contributed by atoms with Crippen molar-refractivity contribution in [3.63, 3.8) is 0 Å². The summed E-state index contributed by atoms with van der Waals surface area (Å²) >= 11 is 0. The lowest BCUT2D eigenvalue weighted by atomic mass is 10.1. The first-order valence-electron chi connectivity index (χ1n) is 11.5. The molecule has 6 nitrogen and oxygen atoms in total. The van der Waals surface area contributed by atoms with Gasteiger partial charge in [-0.25, -0.2) is 4.79 Å². The molecule has 1 atom stereocenters. The Labute approximate surface area is 208 Å². The van der Waals surface area contributed by atoms with Crippen LogP contribution in [0, 0.1) is 6.92 Å². The van der Waals surface area contributed by atoms with E-state index in [4.69, 9.17) is 4.74 Å². The highest BCUT2D eigenvalue weighted by atomic mass is 31.1. The second-order valence-corrected chi connectivity index (χ2v) is 7.46. The zero-order chi connectivity index (χ0) is 26.8. The van der Waals surface area contributed by atoms with Crippen LogP contribution in [0.1, 0.15) is 59.1 Å². The number of rotatable bonds is 6. The Morgan fingerprint density at radius 3 is 2.38 bits per heavy atom. The number of aryl methyl sites for hydroxylation is 1. The summed E-state index contributed by atoms with van der Waals surface area (Å²) in [6.07, 6.45) is 11.0. The van der Waals surface area contributed by atoms with Crippen LogP contribution in [-0.2, 0) is 20.4 Å². The highest BCUT2D eigenvalue weighted by molar-refractivity contribution is 7.54. The van der Waals surface area contributed by atoms with Crippen LogP contribution in [0.2, 0.25) is 0 Å². The van der Waals surface area contributed by atoms with Crippen molar-refractivity contribution < 1.29 is 24.2 Å². The van der Waals surface area contributed by atoms with Gasteiger partial charge in [0.25, 0.3) is 0 Å². The summed E-state index contributed by atoms with van der Waals surface area (Å²) in [5, 5.41) is 9.20. The van der Waals surface area contributed by atoms with Crippen LogP contribution in [0.4, 0.5) is 4.79 Å². The van der Waals surface area contributed by atoms with E-state index in [1.807, 2.05) is 65.0 Å². The van der Waals surface area contributed by atoms with E-state index < -0.39 is 6.09 Å². The molecule has 1 aromatic carbocycles. The van der Waals surface area contributed by atoms with Crippen molar-refractivity contribution in [3.05, 3.63) is 71.0 Å². The third kappa shape index (κ3) is 24.0. The molecule has 192 valence electrons. The number of carbonyl (C=O) groups is 2. The Bertz CT molecular complexity index is 779. The number of benzene rings is 1. The van der Waals surface area contributed by atoms with Crippen molar-refractivity contribution >= 4 is 20.7 Å². The summed E-state index contributed by atoms with van der Waals surface area (Å²) in [7, 11) is 2.02. The van der Waals surface area contributed by atoms with E-state index in [0.717, 1.165) is 29.7 Å². The van der Waals surface area contributed by atoms with Gasteiger partial charge >= 0.3 is 6.09 Å².